The van der Waals surface area contributed by atoms with Crippen molar-refractivity contribution in [2.45, 2.75) is 13.3 Å². The van der Waals surface area contributed by atoms with E-state index < -0.39 is 5.82 Å². The van der Waals surface area contributed by atoms with Crippen LogP contribution in [0.3, 0.4) is 0 Å². The van der Waals surface area contributed by atoms with Crippen molar-refractivity contribution >= 4 is 17.4 Å². The second-order valence-electron chi connectivity index (χ2n) is 2.99. The zero-order valence-corrected chi connectivity index (χ0v) is 9.07. The maximum absolute atomic E-state index is 13.2. The molecule has 0 saturated carbocycles. The molecule has 0 amide bonds. The SMILES string of the molecule is CC(=O)c1ccc(F)c(C#CCCCl)c1. The van der Waals surface area contributed by atoms with Crippen molar-refractivity contribution in [3.05, 3.63) is 35.1 Å². The molecule has 0 bridgehead atoms. The Morgan fingerprint density at radius 2 is 2.27 bits per heavy atom. The molecule has 1 nitrogen and oxygen atoms in total. The standard InChI is InChI=1S/C12H10ClFO/c1-9(15)10-5-6-12(14)11(8-10)4-2-3-7-13/h5-6,8H,3,7H2,1H3. The molecular formula is C12H10ClFO. The molecule has 0 aliphatic heterocycles. The monoisotopic (exact) mass is 224 g/mol. The van der Waals surface area contributed by atoms with Gasteiger partial charge in [-0.3, -0.25) is 4.79 Å². The minimum atomic E-state index is -0.415. The molecule has 0 N–H and O–H groups in total. The quantitative estimate of drug-likeness (QED) is 0.429. The highest BCUT2D eigenvalue weighted by Gasteiger charge is 2.03. The summed E-state index contributed by atoms with van der Waals surface area (Å²) in [6.07, 6.45) is 0.505. The third-order valence-electron chi connectivity index (χ3n) is 1.82. The number of Topliss-reactive ketones (excluding diaryl/α,β-unsaturated/α-hetero) is 1. The van der Waals surface area contributed by atoms with Crippen LogP contribution in [0.4, 0.5) is 4.39 Å². The Labute approximate surface area is 93.3 Å². The van der Waals surface area contributed by atoms with E-state index in [1.54, 1.807) is 0 Å². The Morgan fingerprint density at radius 3 is 2.87 bits per heavy atom. The van der Waals surface area contributed by atoms with Crippen LogP contribution in [0.15, 0.2) is 18.2 Å². The molecule has 0 saturated heterocycles. The predicted molar refractivity (Wildman–Crippen MR) is 58.6 cm³/mol. The molecule has 0 heterocycles. The summed E-state index contributed by atoms with van der Waals surface area (Å²) in [4.78, 5) is 11.0. The van der Waals surface area contributed by atoms with E-state index in [2.05, 4.69) is 11.8 Å². The van der Waals surface area contributed by atoms with Crippen molar-refractivity contribution in [3.63, 3.8) is 0 Å². The smallest absolute Gasteiger partial charge is 0.159 e. The molecule has 0 fully saturated rings. The first kappa shape index (κ1) is 11.7. The first-order valence-electron chi connectivity index (χ1n) is 4.50. The van der Waals surface area contributed by atoms with E-state index in [-0.39, 0.29) is 11.3 Å². The molecule has 0 radical (unpaired) electrons. The average molecular weight is 225 g/mol. The van der Waals surface area contributed by atoms with Gasteiger partial charge in [-0.15, -0.1) is 11.6 Å². The summed E-state index contributed by atoms with van der Waals surface area (Å²) in [5.74, 6) is 5.27. The van der Waals surface area contributed by atoms with Crippen LogP contribution >= 0.6 is 11.6 Å². The molecule has 0 unspecified atom stereocenters. The summed E-state index contributed by atoms with van der Waals surface area (Å²) in [6, 6.07) is 4.16. The van der Waals surface area contributed by atoms with Crippen molar-refractivity contribution in [2.24, 2.45) is 0 Å². The minimum absolute atomic E-state index is 0.101. The Kier molecular flexibility index (Phi) is 4.33. The van der Waals surface area contributed by atoms with Crippen LogP contribution in [-0.2, 0) is 0 Å². The highest BCUT2D eigenvalue weighted by molar-refractivity contribution is 6.18. The summed E-state index contributed by atoms with van der Waals surface area (Å²) in [7, 11) is 0. The molecule has 0 aliphatic rings. The highest BCUT2D eigenvalue weighted by atomic mass is 35.5. The van der Waals surface area contributed by atoms with Crippen molar-refractivity contribution in [1.82, 2.24) is 0 Å². The van der Waals surface area contributed by atoms with E-state index in [4.69, 9.17) is 11.6 Å². The average Bonchev–Trinajstić information content (AvgIpc) is 2.20. The number of alkyl halides is 1. The molecule has 3 heteroatoms. The number of benzene rings is 1. The van der Waals surface area contributed by atoms with Crippen LogP contribution in [0.1, 0.15) is 29.3 Å². The van der Waals surface area contributed by atoms with Gasteiger partial charge in [-0.2, -0.15) is 0 Å². The molecule has 1 rings (SSSR count). The lowest BCUT2D eigenvalue weighted by Crippen LogP contribution is -1.94. The second kappa shape index (κ2) is 5.53. The topological polar surface area (TPSA) is 17.1 Å². The maximum atomic E-state index is 13.2. The number of ketones is 1. The molecule has 78 valence electrons. The van der Waals surface area contributed by atoms with Gasteiger partial charge in [-0.05, 0) is 25.1 Å². The highest BCUT2D eigenvalue weighted by Crippen LogP contribution is 2.10. The first-order valence-corrected chi connectivity index (χ1v) is 5.04. The van der Waals surface area contributed by atoms with Gasteiger partial charge in [0.25, 0.3) is 0 Å². The van der Waals surface area contributed by atoms with Crippen LogP contribution in [0.5, 0.6) is 0 Å². The van der Waals surface area contributed by atoms with E-state index in [0.717, 1.165) is 0 Å². The molecule has 1 aromatic rings. The first-order chi connectivity index (χ1) is 7.15. The van der Waals surface area contributed by atoms with Gasteiger partial charge in [0.15, 0.2) is 5.78 Å². The van der Waals surface area contributed by atoms with Crippen molar-refractivity contribution in [1.29, 1.82) is 0 Å². The molecule has 0 atom stereocenters. The fourth-order valence-electron chi connectivity index (χ4n) is 1.05. The molecular weight excluding hydrogens is 215 g/mol. The Morgan fingerprint density at radius 1 is 1.53 bits per heavy atom. The van der Waals surface area contributed by atoms with Gasteiger partial charge in [0, 0.05) is 17.9 Å². The van der Waals surface area contributed by atoms with Gasteiger partial charge < -0.3 is 0 Å². The number of hydrogen-bond acceptors (Lipinski definition) is 1. The maximum Gasteiger partial charge on any atom is 0.159 e. The van der Waals surface area contributed by atoms with Crippen LogP contribution in [0.2, 0.25) is 0 Å². The third kappa shape index (κ3) is 3.38. The zero-order valence-electron chi connectivity index (χ0n) is 8.31. The minimum Gasteiger partial charge on any atom is -0.295 e. The third-order valence-corrected chi connectivity index (χ3v) is 2.00. The van der Waals surface area contributed by atoms with Gasteiger partial charge in [0.2, 0.25) is 0 Å². The lowest BCUT2D eigenvalue weighted by Gasteiger charge is -1.97. The predicted octanol–water partition coefficient (Wildman–Crippen LogP) is 3.01. The number of carbonyl (C=O) groups excluding carboxylic acids is 1. The molecule has 0 aliphatic carbocycles. The number of halogens is 2. The lowest BCUT2D eigenvalue weighted by atomic mass is 10.1. The largest absolute Gasteiger partial charge is 0.295 e. The molecule has 0 aromatic heterocycles. The number of carbonyl (C=O) groups is 1. The van der Waals surface area contributed by atoms with Crippen LogP contribution < -0.4 is 0 Å². The number of hydrogen-bond donors (Lipinski definition) is 0. The van der Waals surface area contributed by atoms with E-state index in [9.17, 15) is 9.18 Å². The van der Waals surface area contributed by atoms with E-state index in [1.807, 2.05) is 0 Å². The van der Waals surface area contributed by atoms with Crippen molar-refractivity contribution in [3.8, 4) is 11.8 Å². The van der Waals surface area contributed by atoms with Crippen molar-refractivity contribution < 1.29 is 9.18 Å². The van der Waals surface area contributed by atoms with Gasteiger partial charge in [-0.25, -0.2) is 4.39 Å². The van der Waals surface area contributed by atoms with Crippen LogP contribution in [0.25, 0.3) is 0 Å². The number of rotatable bonds is 2. The summed E-state index contributed by atoms with van der Waals surface area (Å²) in [6.45, 7) is 1.43. The lowest BCUT2D eigenvalue weighted by molar-refractivity contribution is 0.101. The second-order valence-corrected chi connectivity index (χ2v) is 3.37. The summed E-state index contributed by atoms with van der Waals surface area (Å²) >= 11 is 5.44. The van der Waals surface area contributed by atoms with Crippen molar-refractivity contribution in [2.75, 3.05) is 5.88 Å². The normalized spacial score (nSPS) is 9.27. The van der Waals surface area contributed by atoms with Crippen LogP contribution in [0, 0.1) is 17.7 Å². The fraction of sp³-hybridized carbons (Fsp3) is 0.250. The molecule has 1 aromatic carbocycles. The van der Waals surface area contributed by atoms with Crippen LogP contribution in [-0.4, -0.2) is 11.7 Å². The Balaban J connectivity index is 3.02. The Bertz CT molecular complexity index is 429. The Hall–Kier alpha value is -1.33. The van der Waals surface area contributed by atoms with E-state index >= 15 is 0 Å². The molecule has 0 spiro atoms. The zero-order chi connectivity index (χ0) is 11.3. The van der Waals surface area contributed by atoms with Gasteiger partial charge in [0.1, 0.15) is 5.82 Å². The van der Waals surface area contributed by atoms with Gasteiger partial charge >= 0.3 is 0 Å². The fourth-order valence-corrected chi connectivity index (χ4v) is 1.14. The van der Waals surface area contributed by atoms with Gasteiger partial charge in [0.05, 0.1) is 5.56 Å². The van der Waals surface area contributed by atoms with E-state index in [0.29, 0.717) is 17.9 Å². The molecule has 15 heavy (non-hydrogen) atoms. The van der Waals surface area contributed by atoms with E-state index in [1.165, 1.54) is 25.1 Å². The summed E-state index contributed by atoms with van der Waals surface area (Å²) in [5.41, 5.74) is 0.708. The summed E-state index contributed by atoms with van der Waals surface area (Å²) < 4.78 is 13.2. The summed E-state index contributed by atoms with van der Waals surface area (Å²) in [5, 5.41) is 0. The van der Waals surface area contributed by atoms with Gasteiger partial charge in [-0.1, -0.05) is 11.8 Å².